The molecule has 0 spiro atoms. The van der Waals surface area contributed by atoms with Crippen LogP contribution in [-0.4, -0.2) is 143 Å². The average Bonchev–Trinajstić information content (AvgIpc) is 3.30. The molecule has 6 bridgehead atoms. The van der Waals surface area contributed by atoms with Crippen LogP contribution >= 0.6 is 0 Å². The SMILES string of the molecule is O=C1OC[C@H]2OC(=O)c3cc(O)c(O)c(O)c3-c3c(O)c(O)c(O)c4c3C(=O)O[C@H]([C@H]3OC(=O)c5c-4c(O)c(O)c(O)c5[C@@H]3O)[C@@H]2OC(=O)c2cc(O)c(O)c(O)c2-c2c1cc(O)c(O)c2O. The first-order valence-corrected chi connectivity index (χ1v) is 18.6. The van der Waals surface area contributed by atoms with Gasteiger partial charge in [-0.2, -0.15) is 0 Å². The summed E-state index contributed by atoms with van der Waals surface area (Å²) in [4.78, 5) is 72.4. The summed E-state index contributed by atoms with van der Waals surface area (Å²) in [5, 5.41) is 177. The van der Waals surface area contributed by atoms with E-state index in [1.54, 1.807) is 0 Å². The van der Waals surface area contributed by atoms with Crippen molar-refractivity contribution in [2.75, 3.05) is 6.61 Å². The van der Waals surface area contributed by atoms with Gasteiger partial charge in [0.05, 0.1) is 27.8 Å². The largest absolute Gasteiger partial charge is 0.504 e. The summed E-state index contributed by atoms with van der Waals surface area (Å²) in [5.41, 5.74) is -14.9. The van der Waals surface area contributed by atoms with Gasteiger partial charge in [0.1, 0.15) is 12.7 Å². The molecule has 10 rings (SSSR count). The third-order valence-electron chi connectivity index (χ3n) is 11.4. The molecule has 26 heteroatoms. The topological polar surface area (TPSA) is 455 Å². The van der Waals surface area contributed by atoms with Gasteiger partial charge < -0.3 is 105 Å². The van der Waals surface area contributed by atoms with Crippen molar-refractivity contribution in [1.82, 2.24) is 0 Å². The molecule has 5 atom stereocenters. The number of ether oxygens (including phenoxy) is 5. The molecular formula is C41H26O26. The van der Waals surface area contributed by atoms with Crippen LogP contribution < -0.4 is 0 Å². The summed E-state index contributed by atoms with van der Waals surface area (Å²) in [6.45, 7) is -1.51. The molecule has 0 aromatic heterocycles. The average molecular weight is 935 g/mol. The van der Waals surface area contributed by atoms with Gasteiger partial charge in [-0.1, -0.05) is 0 Å². The molecule has 0 fully saturated rings. The molecule has 0 radical (unpaired) electrons. The summed E-state index contributed by atoms with van der Waals surface area (Å²) in [5.74, 6) is -32.1. The third kappa shape index (κ3) is 5.68. The maximum absolute atomic E-state index is 15.0. The zero-order chi connectivity index (χ0) is 48.7. The van der Waals surface area contributed by atoms with Gasteiger partial charge in [-0.15, -0.1) is 0 Å². The first-order chi connectivity index (χ1) is 31.5. The van der Waals surface area contributed by atoms with Gasteiger partial charge in [0.2, 0.25) is 28.7 Å². The maximum Gasteiger partial charge on any atom is 0.340 e. The monoisotopic (exact) mass is 934 g/mol. The number of aliphatic hydroxyl groups excluding tert-OH is 1. The number of aromatic hydroxyl groups is 15. The van der Waals surface area contributed by atoms with Crippen molar-refractivity contribution < 1.29 is 129 Å². The van der Waals surface area contributed by atoms with E-state index in [-0.39, 0.29) is 0 Å². The van der Waals surface area contributed by atoms with E-state index in [9.17, 15) is 106 Å². The van der Waals surface area contributed by atoms with Gasteiger partial charge in [0.15, 0.2) is 81.9 Å². The lowest BCUT2D eigenvalue weighted by atomic mass is 9.80. The minimum atomic E-state index is -2.79. The zero-order valence-electron chi connectivity index (χ0n) is 32.6. The van der Waals surface area contributed by atoms with Crippen molar-refractivity contribution >= 4 is 29.8 Å². The molecule has 5 aliphatic rings. The number of phenolic OH excluding ortho intramolecular Hbond substituents is 15. The normalized spacial score (nSPS) is 20.6. The Hall–Kier alpha value is -9.59. The van der Waals surface area contributed by atoms with Crippen molar-refractivity contribution in [3.05, 3.63) is 51.6 Å². The summed E-state index contributed by atoms with van der Waals surface area (Å²) in [7, 11) is 0. The van der Waals surface area contributed by atoms with Crippen LogP contribution in [0.4, 0.5) is 0 Å². The van der Waals surface area contributed by atoms with Crippen LogP contribution in [0.15, 0.2) is 18.2 Å². The van der Waals surface area contributed by atoms with Gasteiger partial charge in [0, 0.05) is 38.9 Å². The molecule has 5 aliphatic heterocycles. The molecule has 5 heterocycles. The zero-order valence-corrected chi connectivity index (χ0v) is 32.6. The van der Waals surface area contributed by atoms with E-state index in [0.29, 0.717) is 18.2 Å². The summed E-state index contributed by atoms with van der Waals surface area (Å²) in [6.07, 6.45) is -13.4. The summed E-state index contributed by atoms with van der Waals surface area (Å²) < 4.78 is 27.8. The second kappa shape index (κ2) is 14.2. The number of rotatable bonds is 0. The number of aliphatic hydroxyl groups is 1. The van der Waals surface area contributed by atoms with Crippen LogP contribution in [0.1, 0.15) is 63.5 Å². The number of esters is 5. The van der Waals surface area contributed by atoms with Crippen LogP contribution in [0.3, 0.4) is 0 Å². The number of fused-ring (bicyclic) bond motifs is 7. The van der Waals surface area contributed by atoms with E-state index in [0.717, 1.165) is 0 Å². The Morgan fingerprint density at radius 2 is 0.701 bits per heavy atom. The Kier molecular flexibility index (Phi) is 9.05. The molecule has 0 amide bonds. The minimum Gasteiger partial charge on any atom is -0.504 e. The number of hydrogen-bond donors (Lipinski definition) is 16. The number of benzene rings is 5. The maximum atomic E-state index is 15.0. The van der Waals surface area contributed by atoms with Gasteiger partial charge in [-0.3, -0.25) is 0 Å². The van der Waals surface area contributed by atoms with Crippen molar-refractivity contribution in [1.29, 1.82) is 0 Å². The molecule has 0 aliphatic carbocycles. The fraction of sp³-hybridized carbons (Fsp3) is 0.146. The van der Waals surface area contributed by atoms with Crippen LogP contribution in [0.2, 0.25) is 0 Å². The molecule has 0 unspecified atom stereocenters. The summed E-state index contributed by atoms with van der Waals surface area (Å²) in [6, 6.07) is 1.07. The number of cyclic esters (lactones) is 1. The highest BCUT2D eigenvalue weighted by atomic mass is 16.6. The summed E-state index contributed by atoms with van der Waals surface area (Å²) >= 11 is 0. The third-order valence-corrected chi connectivity index (χ3v) is 11.4. The van der Waals surface area contributed by atoms with E-state index in [1.807, 2.05) is 0 Å². The number of hydrogen-bond acceptors (Lipinski definition) is 26. The minimum absolute atomic E-state index is 0.323. The molecule has 346 valence electrons. The van der Waals surface area contributed by atoms with Crippen LogP contribution in [0, 0.1) is 0 Å². The Bertz CT molecular complexity index is 3190. The molecule has 5 aromatic rings. The molecule has 0 saturated carbocycles. The van der Waals surface area contributed by atoms with Crippen LogP contribution in [0.25, 0.3) is 33.4 Å². The lowest BCUT2D eigenvalue weighted by molar-refractivity contribution is -0.154. The van der Waals surface area contributed by atoms with Gasteiger partial charge in [0.25, 0.3) is 0 Å². The highest BCUT2D eigenvalue weighted by molar-refractivity contribution is 6.16. The first-order valence-electron chi connectivity index (χ1n) is 18.6. The lowest BCUT2D eigenvalue weighted by Crippen LogP contribution is -2.56. The van der Waals surface area contributed by atoms with Crippen LogP contribution in [-0.2, 0) is 23.7 Å². The lowest BCUT2D eigenvalue weighted by Gasteiger charge is -2.40. The van der Waals surface area contributed by atoms with E-state index in [1.165, 1.54) is 0 Å². The number of carbonyl (C=O) groups excluding carboxylic acids is 5. The Labute approximate surface area is 367 Å². The Morgan fingerprint density at radius 3 is 1.21 bits per heavy atom. The first kappa shape index (κ1) is 42.7. The van der Waals surface area contributed by atoms with Gasteiger partial charge >= 0.3 is 29.8 Å². The number of phenols is 15. The molecule has 16 N–H and O–H groups in total. The Balaban J connectivity index is 1.44. The van der Waals surface area contributed by atoms with E-state index in [2.05, 4.69) is 0 Å². The van der Waals surface area contributed by atoms with E-state index in [4.69, 9.17) is 23.7 Å². The smallest absolute Gasteiger partial charge is 0.340 e. The van der Waals surface area contributed by atoms with E-state index < -0.39 is 220 Å². The second-order valence-corrected chi connectivity index (χ2v) is 15.0. The highest BCUT2D eigenvalue weighted by Crippen LogP contribution is 2.62. The number of carbonyl (C=O) groups is 5. The van der Waals surface area contributed by atoms with Crippen molar-refractivity contribution in [2.45, 2.75) is 30.5 Å². The highest BCUT2D eigenvalue weighted by Gasteiger charge is 2.55. The predicted octanol–water partition coefficient (Wildman–Crippen LogP) is 1.32. The van der Waals surface area contributed by atoms with Crippen molar-refractivity contribution in [3.63, 3.8) is 0 Å². The van der Waals surface area contributed by atoms with Gasteiger partial charge in [-0.05, 0) is 18.2 Å². The predicted molar refractivity (Wildman–Crippen MR) is 206 cm³/mol. The van der Waals surface area contributed by atoms with Crippen molar-refractivity contribution in [3.8, 4) is 120 Å². The molecule has 5 aromatic carbocycles. The van der Waals surface area contributed by atoms with Crippen molar-refractivity contribution in [2.24, 2.45) is 0 Å². The van der Waals surface area contributed by atoms with Gasteiger partial charge in [-0.25, -0.2) is 24.0 Å². The van der Waals surface area contributed by atoms with Crippen LogP contribution in [0.5, 0.6) is 86.2 Å². The molecule has 67 heavy (non-hydrogen) atoms. The molecule has 0 saturated heterocycles. The fourth-order valence-corrected chi connectivity index (χ4v) is 8.39. The molecular weight excluding hydrogens is 908 g/mol. The fourth-order valence-electron chi connectivity index (χ4n) is 8.39. The molecule has 26 nitrogen and oxygen atoms in total. The quantitative estimate of drug-likeness (QED) is 0.0591. The van der Waals surface area contributed by atoms with E-state index >= 15 is 0 Å². The standard InChI is InChI=1S/C41H26O26/c42-8-1-5-12(24(48)21(8)45)13-6(2-9(43)22(46)25(13)49)39(60)65-34-11(4-63-37(5)58)64-38(59)7-3-10(44)23(47)26(50)14(7)15-18-16(28(52)32(56)27(15)51)17-19-20(30(54)33(57)29(17)53)31(55)35(66-41(19)62)36(34)67-40(18)61/h1-3,11,31,34-36,42-57H,4H2/t11-,31+,34-,35+,36+/m1/s1. The Morgan fingerprint density at radius 1 is 0.343 bits per heavy atom. The second-order valence-electron chi connectivity index (χ2n) is 15.0.